The molecule has 10 nitrogen and oxygen atoms in total. The van der Waals surface area contributed by atoms with E-state index in [1.807, 2.05) is 24.4 Å². The summed E-state index contributed by atoms with van der Waals surface area (Å²) in [5.74, 6) is -0.349. The number of aryl methyl sites for hydroxylation is 1. The van der Waals surface area contributed by atoms with Crippen LogP contribution in [0.5, 0.6) is 0 Å². The number of rotatable bonds is 7. The van der Waals surface area contributed by atoms with Crippen molar-refractivity contribution < 1.29 is 4.79 Å². The Morgan fingerprint density at radius 3 is 2.90 bits per heavy atom. The number of nitrogens with one attached hydrogen (secondary N) is 1. The molecule has 0 saturated heterocycles. The molecule has 0 aliphatic rings. The Kier molecular flexibility index (Phi) is 5.36. The SMILES string of the molecule is CCc1cc2c(=O)n(CC(=O)NCCn3nnn(-c4cccs4)c3=O)cnc2s1. The van der Waals surface area contributed by atoms with Gasteiger partial charge in [0.05, 0.1) is 18.3 Å². The van der Waals surface area contributed by atoms with E-state index in [0.29, 0.717) is 15.2 Å². The number of carbonyl (C=O) groups is 1. The second-order valence-corrected chi connectivity index (χ2v) is 8.20. The molecular weight excluding hydrogens is 414 g/mol. The van der Waals surface area contributed by atoms with Crippen LogP contribution in [0.15, 0.2) is 39.5 Å². The summed E-state index contributed by atoms with van der Waals surface area (Å²) in [4.78, 5) is 43.0. The molecular formula is C17H17N7O3S2. The molecule has 4 heterocycles. The van der Waals surface area contributed by atoms with Crippen molar-refractivity contribution in [3.63, 3.8) is 0 Å². The number of carbonyl (C=O) groups excluding carboxylic acids is 1. The van der Waals surface area contributed by atoms with Gasteiger partial charge in [-0.3, -0.25) is 14.2 Å². The highest BCUT2D eigenvalue weighted by atomic mass is 32.1. The average molecular weight is 432 g/mol. The van der Waals surface area contributed by atoms with Gasteiger partial charge in [0.25, 0.3) is 5.56 Å². The summed E-state index contributed by atoms with van der Waals surface area (Å²) in [5, 5.41) is 13.4. The van der Waals surface area contributed by atoms with Gasteiger partial charge in [-0.05, 0) is 40.4 Å². The molecule has 4 rings (SSSR count). The maximum Gasteiger partial charge on any atom is 0.369 e. The van der Waals surface area contributed by atoms with Crippen LogP contribution in [0.1, 0.15) is 11.8 Å². The monoisotopic (exact) mass is 431 g/mol. The Balaban J connectivity index is 1.37. The number of tetrazole rings is 1. The van der Waals surface area contributed by atoms with E-state index in [1.165, 1.54) is 42.9 Å². The van der Waals surface area contributed by atoms with Crippen molar-refractivity contribution in [3.8, 4) is 5.00 Å². The van der Waals surface area contributed by atoms with Gasteiger partial charge in [-0.25, -0.2) is 9.78 Å². The molecule has 4 aromatic rings. The Morgan fingerprint density at radius 1 is 1.28 bits per heavy atom. The summed E-state index contributed by atoms with van der Waals surface area (Å²) in [7, 11) is 0. The van der Waals surface area contributed by atoms with E-state index >= 15 is 0 Å². The highest BCUT2D eigenvalue weighted by Crippen LogP contribution is 2.20. The van der Waals surface area contributed by atoms with E-state index in [4.69, 9.17) is 0 Å². The van der Waals surface area contributed by atoms with Crippen molar-refractivity contribution in [2.24, 2.45) is 0 Å². The predicted molar refractivity (Wildman–Crippen MR) is 110 cm³/mol. The number of fused-ring (bicyclic) bond motifs is 1. The van der Waals surface area contributed by atoms with Crippen LogP contribution in [-0.2, 0) is 24.3 Å². The molecule has 1 N–H and O–H groups in total. The van der Waals surface area contributed by atoms with Gasteiger partial charge in [-0.2, -0.15) is 9.36 Å². The molecule has 0 spiro atoms. The Bertz CT molecular complexity index is 1270. The van der Waals surface area contributed by atoms with Crippen LogP contribution in [0.2, 0.25) is 0 Å². The van der Waals surface area contributed by atoms with Crippen LogP contribution in [0.3, 0.4) is 0 Å². The lowest BCUT2D eigenvalue weighted by Gasteiger charge is -2.06. The van der Waals surface area contributed by atoms with Crippen molar-refractivity contribution in [2.75, 3.05) is 6.54 Å². The second kappa shape index (κ2) is 8.09. The summed E-state index contributed by atoms with van der Waals surface area (Å²) >= 11 is 2.86. The van der Waals surface area contributed by atoms with E-state index in [2.05, 4.69) is 20.7 Å². The van der Waals surface area contributed by atoms with Gasteiger partial charge in [-0.1, -0.05) is 6.92 Å². The first-order valence-corrected chi connectivity index (χ1v) is 10.6. The molecule has 150 valence electrons. The molecule has 0 unspecified atom stereocenters. The van der Waals surface area contributed by atoms with Crippen molar-refractivity contribution in [2.45, 2.75) is 26.4 Å². The molecule has 0 radical (unpaired) electrons. The molecule has 29 heavy (non-hydrogen) atoms. The van der Waals surface area contributed by atoms with E-state index in [0.717, 1.165) is 11.3 Å². The van der Waals surface area contributed by atoms with E-state index in [-0.39, 0.29) is 36.8 Å². The van der Waals surface area contributed by atoms with E-state index < -0.39 is 0 Å². The van der Waals surface area contributed by atoms with Gasteiger partial charge in [0.15, 0.2) is 0 Å². The molecule has 0 fully saturated rings. The Morgan fingerprint density at radius 2 is 2.14 bits per heavy atom. The summed E-state index contributed by atoms with van der Waals surface area (Å²) in [6.07, 6.45) is 2.22. The van der Waals surface area contributed by atoms with Crippen LogP contribution in [0.4, 0.5) is 0 Å². The highest BCUT2D eigenvalue weighted by molar-refractivity contribution is 7.18. The fourth-order valence-corrected chi connectivity index (χ4v) is 4.35. The number of aromatic nitrogens is 6. The Hall–Kier alpha value is -3.12. The topological polar surface area (TPSA) is 117 Å². The first-order chi connectivity index (χ1) is 14.1. The van der Waals surface area contributed by atoms with Gasteiger partial charge in [0, 0.05) is 11.4 Å². The molecule has 12 heteroatoms. The largest absolute Gasteiger partial charge is 0.369 e. The number of hydrogen-bond acceptors (Lipinski definition) is 8. The van der Waals surface area contributed by atoms with Crippen LogP contribution >= 0.6 is 22.7 Å². The molecule has 1 amide bonds. The third kappa shape index (κ3) is 3.89. The van der Waals surface area contributed by atoms with Crippen LogP contribution in [-0.4, -0.2) is 41.8 Å². The van der Waals surface area contributed by atoms with Gasteiger partial charge in [0.1, 0.15) is 16.4 Å². The van der Waals surface area contributed by atoms with Crippen molar-refractivity contribution in [1.29, 1.82) is 0 Å². The predicted octanol–water partition coefficient (Wildman–Crippen LogP) is 0.641. The molecule has 0 saturated carbocycles. The van der Waals surface area contributed by atoms with Gasteiger partial charge >= 0.3 is 5.69 Å². The molecule has 0 aliphatic heterocycles. The van der Waals surface area contributed by atoms with Crippen LogP contribution in [0.25, 0.3) is 15.2 Å². The Labute approximate surface area is 172 Å². The van der Waals surface area contributed by atoms with Crippen molar-refractivity contribution in [3.05, 3.63) is 55.6 Å². The number of thiophene rings is 2. The lowest BCUT2D eigenvalue weighted by molar-refractivity contribution is -0.121. The van der Waals surface area contributed by atoms with E-state index in [1.54, 1.807) is 6.07 Å². The molecule has 0 bridgehead atoms. The summed E-state index contributed by atoms with van der Waals surface area (Å²) < 4.78 is 3.67. The minimum atomic E-state index is -0.378. The van der Waals surface area contributed by atoms with Gasteiger partial charge < -0.3 is 5.32 Å². The van der Waals surface area contributed by atoms with Crippen molar-refractivity contribution in [1.82, 2.24) is 34.7 Å². The fourth-order valence-electron chi connectivity index (χ4n) is 2.75. The zero-order valence-electron chi connectivity index (χ0n) is 15.4. The van der Waals surface area contributed by atoms with Crippen LogP contribution < -0.4 is 16.6 Å². The third-order valence-electron chi connectivity index (χ3n) is 4.23. The first kappa shape index (κ1) is 19.2. The highest BCUT2D eigenvalue weighted by Gasteiger charge is 2.12. The molecule has 0 aliphatic carbocycles. The van der Waals surface area contributed by atoms with Gasteiger partial charge in [-0.15, -0.1) is 22.7 Å². The van der Waals surface area contributed by atoms with Gasteiger partial charge in [0.2, 0.25) is 5.91 Å². The zero-order chi connectivity index (χ0) is 20.4. The van der Waals surface area contributed by atoms with E-state index in [9.17, 15) is 14.4 Å². The third-order valence-corrected chi connectivity index (χ3v) is 6.26. The average Bonchev–Trinajstić information content (AvgIpc) is 3.44. The normalized spacial score (nSPS) is 11.2. The molecule has 0 aromatic carbocycles. The first-order valence-electron chi connectivity index (χ1n) is 8.88. The fraction of sp³-hybridized carbons (Fsp3) is 0.294. The minimum Gasteiger partial charge on any atom is -0.353 e. The number of nitrogens with zero attached hydrogens (tertiary/aromatic N) is 6. The smallest absolute Gasteiger partial charge is 0.353 e. The lowest BCUT2D eigenvalue weighted by Crippen LogP contribution is -2.35. The number of amides is 1. The summed E-state index contributed by atoms with van der Waals surface area (Å²) in [6, 6.07) is 5.42. The van der Waals surface area contributed by atoms with Crippen LogP contribution in [0, 0.1) is 0 Å². The molecule has 4 aromatic heterocycles. The maximum absolute atomic E-state index is 12.5. The zero-order valence-corrected chi connectivity index (χ0v) is 17.1. The lowest BCUT2D eigenvalue weighted by atomic mass is 10.3. The quantitative estimate of drug-likeness (QED) is 0.459. The number of hydrogen-bond donors (Lipinski definition) is 1. The standard InChI is InChI=1S/C17H17N7O3S2/c1-2-11-8-12-15(29-11)19-10-22(16(12)26)9-13(25)18-5-6-23-17(27)24(21-20-23)14-4-3-7-28-14/h3-4,7-8,10H,2,5-6,9H2,1H3,(H,18,25). The minimum absolute atomic E-state index is 0.143. The second-order valence-electron chi connectivity index (χ2n) is 6.16. The summed E-state index contributed by atoms with van der Waals surface area (Å²) in [6.45, 7) is 2.23. The maximum atomic E-state index is 12.5. The van der Waals surface area contributed by atoms with Crippen molar-refractivity contribution >= 4 is 38.8 Å². The molecule has 0 atom stereocenters. The summed E-state index contributed by atoms with van der Waals surface area (Å²) in [5.41, 5.74) is -0.618.